The molecule has 0 amide bonds. The van der Waals surface area contributed by atoms with Crippen LogP contribution in [-0.2, 0) is 10.0 Å². The monoisotopic (exact) mass is 346 g/mol. The summed E-state index contributed by atoms with van der Waals surface area (Å²) < 4.78 is 32.1. The average molecular weight is 346 g/mol. The molecule has 0 atom stereocenters. The minimum absolute atomic E-state index is 0.0653. The molecular formula is C16H14N2O5S. The molecule has 0 unspecified atom stereocenters. The molecule has 2 rings (SSSR count). The van der Waals surface area contributed by atoms with Gasteiger partial charge in [-0.15, -0.1) is 0 Å². The summed E-state index contributed by atoms with van der Waals surface area (Å²) in [5.74, 6) is -0.851. The van der Waals surface area contributed by atoms with Gasteiger partial charge in [-0.1, -0.05) is 0 Å². The maximum absolute atomic E-state index is 12.5. The number of ether oxygens (including phenoxy) is 1. The highest BCUT2D eigenvalue weighted by molar-refractivity contribution is 7.92. The van der Waals surface area contributed by atoms with Gasteiger partial charge in [-0.05, 0) is 48.9 Å². The zero-order chi connectivity index (χ0) is 17.9. The van der Waals surface area contributed by atoms with Crippen LogP contribution in [0.2, 0.25) is 0 Å². The van der Waals surface area contributed by atoms with Crippen LogP contribution in [-0.4, -0.2) is 26.6 Å². The summed E-state index contributed by atoms with van der Waals surface area (Å²) in [6.07, 6.45) is 0. The number of aromatic carboxylic acids is 1. The van der Waals surface area contributed by atoms with E-state index < -0.39 is 16.0 Å². The number of nitriles is 1. The van der Waals surface area contributed by atoms with Crippen molar-refractivity contribution in [1.82, 2.24) is 0 Å². The number of benzene rings is 2. The van der Waals surface area contributed by atoms with Crippen molar-refractivity contribution in [3.63, 3.8) is 0 Å². The van der Waals surface area contributed by atoms with E-state index in [1.807, 2.05) is 6.07 Å². The highest BCUT2D eigenvalue weighted by Crippen LogP contribution is 2.26. The largest absolute Gasteiger partial charge is 0.497 e. The van der Waals surface area contributed by atoms with E-state index >= 15 is 0 Å². The van der Waals surface area contributed by atoms with Gasteiger partial charge < -0.3 is 9.84 Å². The van der Waals surface area contributed by atoms with Crippen LogP contribution in [0.3, 0.4) is 0 Å². The van der Waals surface area contributed by atoms with Gasteiger partial charge in [-0.3, -0.25) is 4.72 Å². The molecule has 0 bridgehead atoms. The molecule has 0 fully saturated rings. The van der Waals surface area contributed by atoms with Crippen LogP contribution in [0.5, 0.6) is 5.75 Å². The number of carbonyl (C=O) groups is 1. The second kappa shape index (κ2) is 6.60. The van der Waals surface area contributed by atoms with Crippen molar-refractivity contribution in [2.24, 2.45) is 0 Å². The molecule has 0 spiro atoms. The summed E-state index contributed by atoms with van der Waals surface area (Å²) in [5, 5.41) is 18.5. The van der Waals surface area contributed by atoms with E-state index in [0.717, 1.165) is 0 Å². The van der Waals surface area contributed by atoms with Gasteiger partial charge in [-0.25, -0.2) is 13.2 Å². The predicted molar refractivity (Wildman–Crippen MR) is 86.7 cm³/mol. The lowest BCUT2D eigenvalue weighted by atomic mass is 10.0. The van der Waals surface area contributed by atoms with Crippen molar-refractivity contribution in [3.05, 3.63) is 53.1 Å². The molecule has 0 radical (unpaired) electrons. The van der Waals surface area contributed by atoms with Crippen LogP contribution in [0.25, 0.3) is 0 Å². The number of hydrogen-bond acceptors (Lipinski definition) is 5. The van der Waals surface area contributed by atoms with Gasteiger partial charge in [0, 0.05) is 0 Å². The number of nitrogens with one attached hydrogen (secondary N) is 1. The number of nitrogens with zero attached hydrogens (tertiary/aromatic N) is 1. The number of carboxylic acids is 1. The average Bonchev–Trinajstić information content (AvgIpc) is 2.55. The minimum Gasteiger partial charge on any atom is -0.497 e. The number of carboxylic acid groups (broad SMARTS) is 1. The lowest BCUT2D eigenvalue weighted by Gasteiger charge is -2.13. The summed E-state index contributed by atoms with van der Waals surface area (Å²) in [7, 11) is -2.61. The summed E-state index contributed by atoms with van der Waals surface area (Å²) in [6, 6.07) is 10.1. The lowest BCUT2D eigenvalue weighted by Crippen LogP contribution is -2.17. The van der Waals surface area contributed by atoms with E-state index in [9.17, 15) is 23.6 Å². The fourth-order valence-electron chi connectivity index (χ4n) is 2.10. The Labute approximate surface area is 139 Å². The van der Waals surface area contributed by atoms with Gasteiger partial charge >= 0.3 is 5.97 Å². The predicted octanol–water partition coefficient (Wildman–Crippen LogP) is 2.37. The van der Waals surface area contributed by atoms with E-state index in [1.165, 1.54) is 43.5 Å². The molecule has 8 heteroatoms. The molecule has 0 saturated heterocycles. The maximum atomic E-state index is 12.5. The zero-order valence-corrected chi connectivity index (χ0v) is 13.7. The third-order valence-electron chi connectivity index (χ3n) is 3.24. The molecule has 124 valence electrons. The van der Waals surface area contributed by atoms with Crippen molar-refractivity contribution in [2.75, 3.05) is 11.8 Å². The Morgan fingerprint density at radius 2 is 1.88 bits per heavy atom. The van der Waals surface area contributed by atoms with Gasteiger partial charge in [0.05, 0.1) is 28.8 Å². The maximum Gasteiger partial charge on any atom is 0.337 e. The van der Waals surface area contributed by atoms with Gasteiger partial charge in [0.25, 0.3) is 10.0 Å². The first-order chi connectivity index (χ1) is 11.3. The van der Waals surface area contributed by atoms with Crippen molar-refractivity contribution in [2.45, 2.75) is 11.8 Å². The zero-order valence-electron chi connectivity index (χ0n) is 12.9. The number of anilines is 1. The fraction of sp³-hybridized carbons (Fsp3) is 0.125. The van der Waals surface area contributed by atoms with E-state index in [1.54, 1.807) is 6.92 Å². The van der Waals surface area contributed by atoms with Crippen molar-refractivity contribution >= 4 is 21.7 Å². The highest BCUT2D eigenvalue weighted by Gasteiger charge is 2.22. The Kier molecular flexibility index (Phi) is 4.76. The van der Waals surface area contributed by atoms with Crippen molar-refractivity contribution in [3.8, 4) is 11.8 Å². The van der Waals surface area contributed by atoms with Crippen LogP contribution in [0.1, 0.15) is 21.5 Å². The van der Waals surface area contributed by atoms with Crippen molar-refractivity contribution in [1.29, 1.82) is 5.26 Å². The van der Waals surface area contributed by atoms with E-state index in [2.05, 4.69) is 4.72 Å². The normalized spacial score (nSPS) is 10.7. The summed E-state index contributed by atoms with van der Waals surface area (Å²) in [5.41, 5.74) is -0.0733. The van der Waals surface area contributed by atoms with Crippen LogP contribution in [0, 0.1) is 18.3 Å². The Morgan fingerprint density at radius 3 is 2.38 bits per heavy atom. The quantitative estimate of drug-likeness (QED) is 0.858. The first-order valence-corrected chi connectivity index (χ1v) is 8.21. The van der Waals surface area contributed by atoms with E-state index in [4.69, 9.17) is 4.74 Å². The lowest BCUT2D eigenvalue weighted by molar-refractivity contribution is 0.0698. The van der Waals surface area contributed by atoms with Gasteiger partial charge in [0.1, 0.15) is 11.8 Å². The fourth-order valence-corrected chi connectivity index (χ4v) is 3.20. The molecular weight excluding hydrogens is 332 g/mol. The molecule has 7 nitrogen and oxygen atoms in total. The topological polar surface area (TPSA) is 116 Å². The number of rotatable bonds is 5. The molecule has 0 aliphatic carbocycles. The molecule has 0 aliphatic rings. The number of methoxy groups -OCH3 is 1. The van der Waals surface area contributed by atoms with Gasteiger partial charge in [0.2, 0.25) is 0 Å². The Balaban J connectivity index is 2.53. The molecule has 2 aromatic carbocycles. The van der Waals surface area contributed by atoms with Gasteiger partial charge in [0.15, 0.2) is 0 Å². The third-order valence-corrected chi connectivity index (χ3v) is 4.61. The first kappa shape index (κ1) is 17.3. The summed E-state index contributed by atoms with van der Waals surface area (Å²) in [4.78, 5) is 11.3. The van der Waals surface area contributed by atoms with Gasteiger partial charge in [-0.2, -0.15) is 5.26 Å². The Hall–Kier alpha value is -3.05. The molecule has 0 aliphatic heterocycles. The molecule has 0 saturated carbocycles. The molecule has 2 aromatic rings. The second-order valence-corrected chi connectivity index (χ2v) is 6.62. The molecule has 24 heavy (non-hydrogen) atoms. The molecule has 0 aromatic heterocycles. The Morgan fingerprint density at radius 1 is 1.25 bits per heavy atom. The Bertz CT molecular complexity index is 928. The number of aryl methyl sites for hydroxylation is 1. The SMILES string of the molecule is COc1ccc(S(=O)(=O)Nc2c(C#N)cc(C)cc2C(=O)O)cc1. The van der Waals surface area contributed by atoms with E-state index in [0.29, 0.717) is 11.3 Å². The molecule has 2 N–H and O–H groups in total. The first-order valence-electron chi connectivity index (χ1n) is 6.73. The van der Waals surface area contributed by atoms with Crippen molar-refractivity contribution < 1.29 is 23.1 Å². The standard InChI is InChI=1S/C16H14N2O5S/c1-10-7-11(9-17)15(14(8-10)16(19)20)18-24(21,22)13-5-3-12(23-2)4-6-13/h3-8,18H,1-2H3,(H,19,20). The van der Waals surface area contributed by atoms with Crippen LogP contribution in [0.15, 0.2) is 41.3 Å². The smallest absolute Gasteiger partial charge is 0.337 e. The minimum atomic E-state index is -4.06. The number of hydrogen-bond donors (Lipinski definition) is 2. The van der Waals surface area contributed by atoms with Crippen LogP contribution in [0.4, 0.5) is 5.69 Å². The third kappa shape index (κ3) is 3.47. The van der Waals surface area contributed by atoms with Crippen LogP contribution >= 0.6 is 0 Å². The highest BCUT2D eigenvalue weighted by atomic mass is 32.2. The van der Waals surface area contributed by atoms with E-state index in [-0.39, 0.29) is 21.7 Å². The summed E-state index contributed by atoms with van der Waals surface area (Å²) in [6.45, 7) is 1.62. The summed E-state index contributed by atoms with van der Waals surface area (Å²) >= 11 is 0. The number of sulfonamides is 1. The molecule has 0 heterocycles. The van der Waals surface area contributed by atoms with Crippen LogP contribution < -0.4 is 9.46 Å². The second-order valence-electron chi connectivity index (χ2n) is 4.93.